The van der Waals surface area contributed by atoms with Crippen LogP contribution in [-0.2, 0) is 21.4 Å². The zero-order valence-corrected chi connectivity index (χ0v) is 13.0. The molecule has 3 fully saturated rings. The summed E-state index contributed by atoms with van der Waals surface area (Å²) in [4.78, 5) is 14.7. The number of rotatable bonds is 3. The van der Waals surface area contributed by atoms with Crippen LogP contribution in [0.15, 0.2) is 11.2 Å². The van der Waals surface area contributed by atoms with Crippen molar-refractivity contribution in [3.05, 3.63) is 6.20 Å². The first-order valence-corrected chi connectivity index (χ1v) is 8.56. The maximum absolute atomic E-state index is 12.7. The minimum atomic E-state index is -3.63. The number of aryl methyl sites for hydroxylation is 1. The molecule has 2 atom stereocenters. The number of sulfonamides is 1. The summed E-state index contributed by atoms with van der Waals surface area (Å²) in [6.07, 6.45) is 2.94. The number of fused-ring (bicyclic) bond motifs is 3. The van der Waals surface area contributed by atoms with Crippen molar-refractivity contribution < 1.29 is 13.2 Å². The molecule has 8 nitrogen and oxygen atoms in total. The Morgan fingerprint density at radius 2 is 2.05 bits per heavy atom. The zero-order chi connectivity index (χ0) is 15.2. The van der Waals surface area contributed by atoms with Crippen molar-refractivity contribution in [3.8, 4) is 0 Å². The topological polar surface area (TPSA) is 88.4 Å². The average molecular weight is 313 g/mol. The highest BCUT2D eigenvalue weighted by Crippen LogP contribution is 2.32. The quantitative estimate of drug-likeness (QED) is 0.763. The number of nitrogens with zero attached hydrogens (tertiary/aromatic N) is 5. The number of carbonyl (C=O) groups excluding carboxylic acids is 1. The van der Waals surface area contributed by atoms with Crippen LogP contribution in [0.2, 0.25) is 0 Å². The normalized spacial score (nSPS) is 26.3. The van der Waals surface area contributed by atoms with E-state index in [1.807, 2.05) is 6.92 Å². The molecule has 2 bridgehead atoms. The van der Waals surface area contributed by atoms with E-state index >= 15 is 0 Å². The number of aromatic nitrogens is 3. The third-order valence-electron chi connectivity index (χ3n) is 4.26. The van der Waals surface area contributed by atoms with Crippen LogP contribution in [0.5, 0.6) is 0 Å². The van der Waals surface area contributed by atoms with Gasteiger partial charge in [0.05, 0.1) is 12.7 Å². The lowest BCUT2D eigenvalue weighted by atomic mass is 9.93. The fourth-order valence-corrected chi connectivity index (χ4v) is 4.69. The predicted octanol–water partition coefficient (Wildman–Crippen LogP) is -0.318. The molecule has 0 N–H and O–H groups in total. The molecular formula is C12H19N5O3S. The molecule has 0 saturated carbocycles. The van der Waals surface area contributed by atoms with Crippen LogP contribution in [0.4, 0.5) is 0 Å². The highest BCUT2D eigenvalue weighted by Gasteiger charge is 2.46. The van der Waals surface area contributed by atoms with Crippen LogP contribution in [0.1, 0.15) is 26.7 Å². The second-order valence-corrected chi connectivity index (χ2v) is 7.34. The van der Waals surface area contributed by atoms with Crippen molar-refractivity contribution in [2.75, 3.05) is 13.1 Å². The molecule has 9 heteroatoms. The summed E-state index contributed by atoms with van der Waals surface area (Å²) in [6, 6.07) is -0.181. The molecule has 3 saturated heterocycles. The van der Waals surface area contributed by atoms with E-state index in [9.17, 15) is 13.2 Å². The molecule has 0 aliphatic carbocycles. The Balaban J connectivity index is 1.86. The van der Waals surface area contributed by atoms with E-state index in [0.717, 1.165) is 12.8 Å². The van der Waals surface area contributed by atoms with Crippen LogP contribution >= 0.6 is 0 Å². The van der Waals surface area contributed by atoms with Gasteiger partial charge in [0.15, 0.2) is 0 Å². The van der Waals surface area contributed by atoms with E-state index in [4.69, 9.17) is 0 Å². The Bertz CT molecular complexity index is 656. The maximum Gasteiger partial charge on any atom is 0.264 e. The largest absolute Gasteiger partial charge is 0.337 e. The van der Waals surface area contributed by atoms with Crippen LogP contribution < -0.4 is 0 Å². The Hall–Kier alpha value is -1.48. The molecule has 4 heterocycles. The van der Waals surface area contributed by atoms with Crippen LogP contribution in [0.25, 0.3) is 0 Å². The van der Waals surface area contributed by atoms with Gasteiger partial charge in [0.2, 0.25) is 10.9 Å². The molecule has 116 valence electrons. The fourth-order valence-electron chi connectivity index (χ4n) is 3.14. The lowest BCUT2D eigenvalue weighted by molar-refractivity contribution is -0.136. The summed E-state index contributed by atoms with van der Waals surface area (Å²) in [6.45, 7) is 4.74. The van der Waals surface area contributed by atoms with Gasteiger partial charge in [-0.2, -0.15) is 14.2 Å². The third kappa shape index (κ3) is 2.34. The highest BCUT2D eigenvalue weighted by molar-refractivity contribution is 7.89. The number of carbonyl (C=O) groups is 1. The number of hydrogen-bond donors (Lipinski definition) is 0. The van der Waals surface area contributed by atoms with E-state index < -0.39 is 10.0 Å². The van der Waals surface area contributed by atoms with E-state index in [0.29, 0.717) is 19.6 Å². The Morgan fingerprint density at radius 1 is 1.33 bits per heavy atom. The van der Waals surface area contributed by atoms with Crippen molar-refractivity contribution in [2.45, 2.75) is 50.3 Å². The van der Waals surface area contributed by atoms with E-state index in [1.54, 1.807) is 4.90 Å². The molecule has 0 spiro atoms. The summed E-state index contributed by atoms with van der Waals surface area (Å²) in [5.74, 6) is 0.0127. The summed E-state index contributed by atoms with van der Waals surface area (Å²) in [5, 5.41) is 7.94. The molecule has 21 heavy (non-hydrogen) atoms. The van der Waals surface area contributed by atoms with Gasteiger partial charge in [-0.1, -0.05) is 0 Å². The van der Waals surface area contributed by atoms with Gasteiger partial charge in [-0.25, -0.2) is 8.42 Å². The number of piperazine rings is 1. The van der Waals surface area contributed by atoms with E-state index in [2.05, 4.69) is 10.2 Å². The van der Waals surface area contributed by atoms with E-state index in [-0.39, 0.29) is 23.0 Å². The van der Waals surface area contributed by atoms with Crippen LogP contribution in [0, 0.1) is 0 Å². The molecule has 3 aliphatic heterocycles. The molecule has 1 aromatic heterocycles. The standard InChI is InChI=1S/C12H19N5O3S/c1-3-17-13-6-12(14-17)21(19,20)16-8-10-4-5-11(16)7-15(10)9(2)18/h6,10-11H,3-5,7-8H2,1-2H3. The first kappa shape index (κ1) is 14.5. The molecule has 4 rings (SSSR count). The van der Waals surface area contributed by atoms with Gasteiger partial charge in [0, 0.05) is 32.1 Å². The Morgan fingerprint density at radius 3 is 2.57 bits per heavy atom. The van der Waals surface area contributed by atoms with Crippen molar-refractivity contribution in [1.82, 2.24) is 24.2 Å². The SMILES string of the molecule is CCn1ncc(S(=O)(=O)N2CC3CCC2CN3C(C)=O)n1. The van der Waals surface area contributed by atoms with Gasteiger partial charge in [-0.3, -0.25) is 4.79 Å². The summed E-state index contributed by atoms with van der Waals surface area (Å²) in [5.41, 5.74) is 0. The van der Waals surface area contributed by atoms with Gasteiger partial charge in [0.1, 0.15) is 0 Å². The molecule has 0 radical (unpaired) electrons. The van der Waals surface area contributed by atoms with Crippen LogP contribution in [0.3, 0.4) is 0 Å². The Kier molecular flexibility index (Phi) is 3.48. The van der Waals surface area contributed by atoms with Gasteiger partial charge in [0.25, 0.3) is 10.0 Å². The highest BCUT2D eigenvalue weighted by atomic mass is 32.2. The molecule has 1 aromatic rings. The second kappa shape index (κ2) is 5.06. The van der Waals surface area contributed by atoms with E-state index in [1.165, 1.54) is 22.2 Å². The zero-order valence-electron chi connectivity index (χ0n) is 12.1. The predicted molar refractivity (Wildman–Crippen MR) is 73.8 cm³/mol. The van der Waals surface area contributed by atoms with Gasteiger partial charge in [-0.05, 0) is 19.8 Å². The molecule has 0 aromatic carbocycles. The maximum atomic E-state index is 12.7. The lowest BCUT2D eigenvalue weighted by Crippen LogP contribution is -2.64. The Labute approximate surface area is 123 Å². The number of piperidine rings is 2. The minimum Gasteiger partial charge on any atom is -0.337 e. The van der Waals surface area contributed by atoms with Crippen molar-refractivity contribution in [3.63, 3.8) is 0 Å². The van der Waals surface area contributed by atoms with Crippen LogP contribution in [-0.4, -0.2) is 63.7 Å². The molecule has 3 aliphatic rings. The third-order valence-corrected chi connectivity index (χ3v) is 6.04. The molecule has 1 amide bonds. The molecular weight excluding hydrogens is 294 g/mol. The van der Waals surface area contributed by atoms with Crippen molar-refractivity contribution in [1.29, 1.82) is 0 Å². The van der Waals surface area contributed by atoms with Gasteiger partial charge < -0.3 is 4.90 Å². The number of amides is 1. The summed E-state index contributed by atoms with van der Waals surface area (Å²) in [7, 11) is -3.63. The summed E-state index contributed by atoms with van der Waals surface area (Å²) >= 11 is 0. The minimum absolute atomic E-state index is 0.00808. The first-order chi connectivity index (χ1) is 9.93. The summed E-state index contributed by atoms with van der Waals surface area (Å²) < 4.78 is 26.9. The second-order valence-electron chi connectivity index (χ2n) is 5.50. The lowest BCUT2D eigenvalue weighted by Gasteiger charge is -2.50. The first-order valence-electron chi connectivity index (χ1n) is 7.12. The average Bonchev–Trinajstić information content (AvgIpc) is 2.97. The monoisotopic (exact) mass is 313 g/mol. The number of hydrogen-bond acceptors (Lipinski definition) is 5. The van der Waals surface area contributed by atoms with Crippen molar-refractivity contribution in [2.24, 2.45) is 0 Å². The fraction of sp³-hybridized carbons (Fsp3) is 0.750. The molecule has 2 unspecified atom stereocenters. The van der Waals surface area contributed by atoms with Gasteiger partial charge in [-0.15, -0.1) is 5.10 Å². The van der Waals surface area contributed by atoms with Crippen molar-refractivity contribution >= 4 is 15.9 Å². The smallest absolute Gasteiger partial charge is 0.264 e. The van der Waals surface area contributed by atoms with Gasteiger partial charge >= 0.3 is 0 Å².